The smallest absolute Gasteiger partial charge is 0.176 e. The van der Waals surface area contributed by atoms with Gasteiger partial charge in [-0.2, -0.15) is 0 Å². The van der Waals surface area contributed by atoms with E-state index in [0.29, 0.717) is 12.0 Å². The molecule has 5 rings (SSSR count). The Morgan fingerprint density at radius 3 is 2.68 bits per heavy atom. The van der Waals surface area contributed by atoms with Gasteiger partial charge in [-0.15, -0.1) is 11.3 Å². The first-order valence-corrected chi connectivity index (χ1v) is 11.3. The molecule has 0 bridgehead atoms. The van der Waals surface area contributed by atoms with E-state index in [9.17, 15) is 9.90 Å². The van der Waals surface area contributed by atoms with Crippen LogP contribution in [0.5, 0.6) is 11.5 Å². The van der Waals surface area contributed by atoms with Crippen LogP contribution in [-0.2, 0) is 4.79 Å². The van der Waals surface area contributed by atoms with Crippen LogP contribution in [0.3, 0.4) is 0 Å². The first-order valence-electron chi connectivity index (χ1n) is 10.0. The van der Waals surface area contributed by atoms with Crippen LogP contribution in [0, 0.1) is 0 Å². The van der Waals surface area contributed by atoms with Gasteiger partial charge < -0.3 is 20.5 Å². The van der Waals surface area contributed by atoms with Gasteiger partial charge in [-0.25, -0.2) is 0 Å². The zero-order chi connectivity index (χ0) is 21.5. The third kappa shape index (κ3) is 3.56. The predicted molar refractivity (Wildman–Crippen MR) is 124 cm³/mol. The van der Waals surface area contributed by atoms with Crippen molar-refractivity contribution in [3.05, 3.63) is 80.6 Å². The SMILES string of the molecule is COc1cc([C@H]2Nc3ccccc3NC3=C2C(=O)C[C@@H](c2cccs2)C3)cc(Cl)c1O. The summed E-state index contributed by atoms with van der Waals surface area (Å²) in [6.45, 7) is 0. The van der Waals surface area contributed by atoms with Gasteiger partial charge >= 0.3 is 0 Å². The molecule has 0 saturated heterocycles. The Bertz CT molecular complexity index is 1190. The number of thiophene rings is 1. The van der Waals surface area contributed by atoms with Gasteiger partial charge in [0.1, 0.15) is 0 Å². The van der Waals surface area contributed by atoms with E-state index >= 15 is 0 Å². The lowest BCUT2D eigenvalue weighted by Gasteiger charge is -2.29. The minimum atomic E-state index is -0.421. The highest BCUT2D eigenvalue weighted by molar-refractivity contribution is 7.10. The van der Waals surface area contributed by atoms with Crippen LogP contribution in [0.25, 0.3) is 0 Å². The molecular formula is C24H21ClN2O3S. The molecule has 158 valence electrons. The molecule has 7 heteroatoms. The number of anilines is 2. The minimum Gasteiger partial charge on any atom is -0.503 e. The standard InChI is InChI=1S/C24H21ClN2O3S/c1-30-20-12-14(9-15(25)24(20)29)23-22-18(26-16-5-2-3-6-17(16)27-23)10-13(11-19(22)28)21-7-4-8-31-21/h2-9,12-13,23,26-27,29H,10-11H2,1H3/t13-,23+/m0/s1. The summed E-state index contributed by atoms with van der Waals surface area (Å²) in [5.74, 6) is 0.418. The average molecular weight is 453 g/mol. The van der Waals surface area contributed by atoms with Crippen molar-refractivity contribution in [1.82, 2.24) is 0 Å². The highest BCUT2D eigenvalue weighted by atomic mass is 35.5. The Morgan fingerprint density at radius 2 is 1.94 bits per heavy atom. The number of phenolic OH excluding ortho intramolecular Hbond substituents is 1. The van der Waals surface area contributed by atoms with E-state index in [2.05, 4.69) is 22.1 Å². The summed E-state index contributed by atoms with van der Waals surface area (Å²) in [4.78, 5) is 14.7. The van der Waals surface area contributed by atoms with E-state index in [1.165, 1.54) is 12.0 Å². The number of phenols is 1. The number of carbonyl (C=O) groups is 1. The van der Waals surface area contributed by atoms with Crippen LogP contribution in [0.2, 0.25) is 5.02 Å². The van der Waals surface area contributed by atoms with Crippen LogP contribution in [0.1, 0.15) is 35.2 Å². The van der Waals surface area contributed by atoms with E-state index in [-0.39, 0.29) is 28.2 Å². The first kappa shape index (κ1) is 20.0. The Labute approximate surface area is 189 Å². The molecule has 2 aliphatic rings. The maximum absolute atomic E-state index is 13.5. The zero-order valence-corrected chi connectivity index (χ0v) is 18.4. The number of para-hydroxylation sites is 2. The summed E-state index contributed by atoms with van der Waals surface area (Å²) in [5, 5.41) is 19.5. The van der Waals surface area contributed by atoms with Crippen LogP contribution in [-0.4, -0.2) is 18.0 Å². The molecule has 2 heterocycles. The van der Waals surface area contributed by atoms with Gasteiger partial charge in [0.25, 0.3) is 0 Å². The number of hydrogen-bond acceptors (Lipinski definition) is 6. The van der Waals surface area contributed by atoms with Crippen molar-refractivity contribution in [3.8, 4) is 11.5 Å². The largest absolute Gasteiger partial charge is 0.503 e. The fraction of sp³-hybridized carbons (Fsp3) is 0.208. The summed E-state index contributed by atoms with van der Waals surface area (Å²) in [6.07, 6.45) is 1.20. The van der Waals surface area contributed by atoms with Gasteiger partial charge in [0.2, 0.25) is 0 Å². The van der Waals surface area contributed by atoms with Gasteiger partial charge in [-0.1, -0.05) is 29.8 Å². The van der Waals surface area contributed by atoms with E-state index in [1.807, 2.05) is 30.3 Å². The molecule has 3 N–H and O–H groups in total. The molecule has 0 amide bonds. The highest BCUT2D eigenvalue weighted by Crippen LogP contribution is 2.46. The molecule has 2 atom stereocenters. The van der Waals surface area contributed by atoms with Gasteiger partial charge in [0.15, 0.2) is 17.3 Å². The normalized spacial score (nSPS) is 20.3. The number of benzene rings is 2. The second-order valence-electron chi connectivity index (χ2n) is 7.74. The van der Waals surface area contributed by atoms with E-state index in [1.54, 1.807) is 23.5 Å². The highest BCUT2D eigenvalue weighted by Gasteiger charge is 2.36. The zero-order valence-electron chi connectivity index (χ0n) is 16.8. The van der Waals surface area contributed by atoms with Crippen molar-refractivity contribution in [3.63, 3.8) is 0 Å². The third-order valence-corrected chi connectivity index (χ3v) is 7.18. The Morgan fingerprint density at radius 1 is 1.13 bits per heavy atom. The van der Waals surface area contributed by atoms with Gasteiger partial charge in [-0.05, 0) is 47.7 Å². The number of methoxy groups -OCH3 is 1. The number of aromatic hydroxyl groups is 1. The van der Waals surface area contributed by atoms with Crippen LogP contribution in [0.4, 0.5) is 11.4 Å². The number of fused-ring (bicyclic) bond motifs is 1. The number of ether oxygens (including phenoxy) is 1. The van der Waals surface area contributed by atoms with Crippen molar-refractivity contribution in [2.24, 2.45) is 0 Å². The van der Waals surface area contributed by atoms with Crippen molar-refractivity contribution in [2.45, 2.75) is 24.8 Å². The lowest BCUT2D eigenvalue weighted by molar-refractivity contribution is -0.116. The lowest BCUT2D eigenvalue weighted by atomic mass is 9.80. The molecule has 0 spiro atoms. The number of rotatable bonds is 3. The molecule has 0 unspecified atom stereocenters. The predicted octanol–water partition coefficient (Wildman–Crippen LogP) is 6.10. The maximum Gasteiger partial charge on any atom is 0.176 e. The number of carbonyl (C=O) groups excluding carboxylic acids is 1. The molecule has 1 aromatic heterocycles. The van der Waals surface area contributed by atoms with E-state index in [0.717, 1.165) is 29.1 Å². The van der Waals surface area contributed by atoms with Crippen LogP contribution in [0.15, 0.2) is 65.2 Å². The summed E-state index contributed by atoms with van der Waals surface area (Å²) in [6, 6.07) is 15.0. The second kappa shape index (κ2) is 7.94. The lowest BCUT2D eigenvalue weighted by Crippen LogP contribution is -2.26. The minimum absolute atomic E-state index is 0.0978. The van der Waals surface area contributed by atoms with Crippen LogP contribution >= 0.6 is 22.9 Å². The molecule has 3 aromatic rings. The summed E-state index contributed by atoms with van der Waals surface area (Å²) >= 11 is 7.97. The summed E-state index contributed by atoms with van der Waals surface area (Å²) in [5.41, 5.74) is 4.20. The number of halogens is 1. The Balaban J connectivity index is 1.65. The van der Waals surface area contributed by atoms with Gasteiger partial charge in [0.05, 0.1) is 29.5 Å². The molecule has 0 fully saturated rings. The molecule has 1 aliphatic carbocycles. The molecule has 0 radical (unpaired) electrons. The summed E-state index contributed by atoms with van der Waals surface area (Å²) < 4.78 is 5.31. The molecule has 5 nitrogen and oxygen atoms in total. The molecule has 31 heavy (non-hydrogen) atoms. The Kier molecular flexibility index (Phi) is 5.12. The fourth-order valence-electron chi connectivity index (χ4n) is 4.38. The van der Waals surface area contributed by atoms with Crippen molar-refractivity contribution < 1.29 is 14.6 Å². The molecule has 2 aromatic carbocycles. The number of hydrogen-bond donors (Lipinski definition) is 3. The topological polar surface area (TPSA) is 70.6 Å². The molecule has 0 saturated carbocycles. The average Bonchev–Trinajstić information content (AvgIpc) is 3.24. The number of Topliss-reactive ketones (excluding diaryl/α,β-unsaturated/α-hetero) is 1. The number of nitrogens with one attached hydrogen (secondary N) is 2. The van der Waals surface area contributed by atoms with Crippen molar-refractivity contribution in [2.75, 3.05) is 17.7 Å². The quantitative estimate of drug-likeness (QED) is 0.448. The third-order valence-electron chi connectivity index (χ3n) is 5.86. The first-order chi connectivity index (χ1) is 15.0. The fourth-order valence-corrected chi connectivity index (χ4v) is 5.43. The van der Waals surface area contributed by atoms with Crippen molar-refractivity contribution in [1.29, 1.82) is 0 Å². The van der Waals surface area contributed by atoms with Crippen molar-refractivity contribution >= 4 is 40.1 Å². The van der Waals surface area contributed by atoms with Gasteiger partial charge in [-0.3, -0.25) is 4.79 Å². The van der Waals surface area contributed by atoms with Crippen LogP contribution < -0.4 is 15.4 Å². The van der Waals surface area contributed by atoms with E-state index < -0.39 is 6.04 Å². The van der Waals surface area contributed by atoms with E-state index in [4.69, 9.17) is 16.3 Å². The Hall–Kier alpha value is -2.96. The monoisotopic (exact) mass is 452 g/mol. The number of ketones is 1. The summed E-state index contributed by atoms with van der Waals surface area (Å²) in [7, 11) is 1.48. The second-order valence-corrected chi connectivity index (χ2v) is 9.12. The maximum atomic E-state index is 13.5. The molecular weight excluding hydrogens is 432 g/mol. The molecule has 1 aliphatic heterocycles. The number of allylic oxidation sites excluding steroid dienone is 1. The van der Waals surface area contributed by atoms with Gasteiger partial charge in [0, 0.05) is 28.5 Å².